The van der Waals surface area contributed by atoms with Crippen molar-refractivity contribution in [1.29, 1.82) is 0 Å². The van der Waals surface area contributed by atoms with Crippen molar-refractivity contribution in [3.05, 3.63) is 35.4 Å². The number of aliphatic hydroxyl groups is 1. The van der Waals surface area contributed by atoms with Gasteiger partial charge in [-0.3, -0.25) is 4.79 Å². The predicted octanol–water partition coefficient (Wildman–Crippen LogP) is 2.59. The first-order valence-electron chi connectivity index (χ1n) is 10.2. The Hall–Kier alpha value is -1.85. The average molecular weight is 369 g/mol. The van der Waals surface area contributed by atoms with E-state index in [0.717, 1.165) is 32.2 Å². The Morgan fingerprint density at radius 3 is 3.07 bits per heavy atom. The Morgan fingerprint density at radius 2 is 2.26 bits per heavy atom. The van der Waals surface area contributed by atoms with Gasteiger partial charge in [0.1, 0.15) is 12.2 Å². The van der Waals surface area contributed by atoms with Crippen molar-refractivity contribution in [1.82, 2.24) is 4.90 Å². The van der Waals surface area contributed by atoms with Gasteiger partial charge in [0.25, 0.3) is 0 Å². The summed E-state index contributed by atoms with van der Waals surface area (Å²) in [5.74, 6) is 1.32. The van der Waals surface area contributed by atoms with Gasteiger partial charge in [-0.25, -0.2) is 0 Å². The first kappa shape index (κ1) is 17.3. The molecule has 2 bridgehead atoms. The van der Waals surface area contributed by atoms with E-state index in [4.69, 9.17) is 9.47 Å². The van der Waals surface area contributed by atoms with Gasteiger partial charge in [-0.2, -0.15) is 0 Å². The molecule has 0 aromatic heterocycles. The van der Waals surface area contributed by atoms with Crippen LogP contribution >= 0.6 is 0 Å². The number of aliphatic hydroxyl groups excluding tert-OH is 1. The Bertz CT molecular complexity index is 819. The highest BCUT2D eigenvalue weighted by Gasteiger charge is 2.64. The first-order chi connectivity index (χ1) is 13.1. The topological polar surface area (TPSA) is 59.0 Å². The molecule has 2 aliphatic heterocycles. The van der Waals surface area contributed by atoms with Crippen LogP contribution in [0.2, 0.25) is 0 Å². The van der Waals surface area contributed by atoms with Crippen LogP contribution in [-0.2, 0) is 16.6 Å². The van der Waals surface area contributed by atoms with E-state index in [2.05, 4.69) is 31.0 Å². The van der Waals surface area contributed by atoms with Crippen molar-refractivity contribution in [3.8, 4) is 11.5 Å². The molecule has 0 amide bonds. The molecule has 0 unspecified atom stereocenters. The van der Waals surface area contributed by atoms with Gasteiger partial charge in [-0.15, -0.1) is 0 Å². The van der Waals surface area contributed by atoms with E-state index in [1.54, 1.807) is 0 Å². The molecular formula is C22H27NO4. The number of likely N-dealkylation sites (N-methyl/N-ethyl adjacent to an activating group) is 1. The van der Waals surface area contributed by atoms with Crippen molar-refractivity contribution < 1.29 is 19.4 Å². The summed E-state index contributed by atoms with van der Waals surface area (Å²) >= 11 is 0. The second-order valence-corrected chi connectivity index (χ2v) is 8.49. The average Bonchev–Trinajstić information content (AvgIpc) is 3.01. The van der Waals surface area contributed by atoms with Crippen LogP contribution in [0.5, 0.6) is 11.5 Å². The molecule has 27 heavy (non-hydrogen) atoms. The molecule has 0 saturated carbocycles. The lowest BCUT2D eigenvalue weighted by Crippen LogP contribution is -2.64. The van der Waals surface area contributed by atoms with Gasteiger partial charge in [0.05, 0.1) is 0 Å². The molecule has 5 heteroatoms. The van der Waals surface area contributed by atoms with Crippen LogP contribution in [0.1, 0.15) is 43.7 Å². The zero-order chi connectivity index (χ0) is 18.8. The lowest BCUT2D eigenvalue weighted by atomic mass is 9.53. The van der Waals surface area contributed by atoms with E-state index < -0.39 is 6.10 Å². The van der Waals surface area contributed by atoms with Crippen LogP contribution in [0.4, 0.5) is 0 Å². The molecule has 1 aromatic carbocycles. The number of unbranched alkanes of at least 4 members (excludes halogenated alkanes) is 1. The standard InChI is InChI=1S/C22H27NO4/c1-3-4-5-18(25)26-17-9-6-13-12-15-14-7-8-16(24)21-22(14,10-11-23(15)2)19(13)20(17)27-21/h6-9,14-16,21,24H,3-5,10-12H2,1-2H3/t14-,15+,16-,21-,22-/m0/s1. The molecule has 2 aliphatic carbocycles. The number of ether oxygens (including phenoxy) is 2. The number of esters is 1. The third-order valence-corrected chi connectivity index (χ3v) is 7.09. The normalized spacial score (nSPS) is 35.5. The van der Waals surface area contributed by atoms with Crippen molar-refractivity contribution in [2.75, 3.05) is 13.6 Å². The van der Waals surface area contributed by atoms with Crippen LogP contribution in [0.3, 0.4) is 0 Å². The van der Waals surface area contributed by atoms with E-state index in [9.17, 15) is 9.90 Å². The summed E-state index contributed by atoms with van der Waals surface area (Å²) in [5.41, 5.74) is 2.25. The van der Waals surface area contributed by atoms with Crippen LogP contribution in [0.15, 0.2) is 24.3 Å². The Kier molecular flexibility index (Phi) is 3.89. The Labute approximate surface area is 160 Å². The highest BCUT2D eigenvalue weighted by atomic mass is 16.6. The number of carbonyl (C=O) groups is 1. The maximum absolute atomic E-state index is 12.2. The van der Waals surface area contributed by atoms with Crippen LogP contribution < -0.4 is 9.47 Å². The summed E-state index contributed by atoms with van der Waals surface area (Å²) in [6.45, 7) is 3.05. The summed E-state index contributed by atoms with van der Waals surface area (Å²) in [6.07, 6.45) is 7.28. The van der Waals surface area contributed by atoms with Crippen LogP contribution in [-0.4, -0.2) is 47.8 Å². The minimum Gasteiger partial charge on any atom is -0.482 e. The summed E-state index contributed by atoms with van der Waals surface area (Å²) in [7, 11) is 2.19. The second-order valence-electron chi connectivity index (χ2n) is 8.49. The first-order valence-corrected chi connectivity index (χ1v) is 10.2. The number of likely N-dealkylation sites (tertiary alicyclic amines) is 1. The predicted molar refractivity (Wildman–Crippen MR) is 101 cm³/mol. The molecule has 1 saturated heterocycles. The van der Waals surface area contributed by atoms with E-state index in [0.29, 0.717) is 29.9 Å². The largest absolute Gasteiger partial charge is 0.482 e. The zero-order valence-corrected chi connectivity index (χ0v) is 16.0. The molecule has 4 aliphatic rings. The van der Waals surface area contributed by atoms with Crippen molar-refractivity contribution >= 4 is 5.97 Å². The number of hydrogen-bond acceptors (Lipinski definition) is 5. The van der Waals surface area contributed by atoms with Crippen LogP contribution in [0, 0.1) is 5.92 Å². The molecule has 0 radical (unpaired) electrons. The Balaban J connectivity index is 1.61. The summed E-state index contributed by atoms with van der Waals surface area (Å²) in [6, 6.07) is 4.40. The zero-order valence-electron chi connectivity index (χ0n) is 16.0. The molecule has 1 aromatic rings. The number of hydrogen-bond donors (Lipinski definition) is 1. The second kappa shape index (κ2) is 6.08. The number of piperidine rings is 1. The minimum atomic E-state index is -0.632. The monoisotopic (exact) mass is 369 g/mol. The lowest BCUT2D eigenvalue weighted by molar-refractivity contribution is -0.134. The molecule has 5 atom stereocenters. The van der Waals surface area contributed by atoms with E-state index in [-0.39, 0.29) is 17.5 Å². The van der Waals surface area contributed by atoms with Crippen molar-refractivity contribution in [3.63, 3.8) is 0 Å². The van der Waals surface area contributed by atoms with E-state index in [1.165, 1.54) is 11.1 Å². The lowest BCUT2D eigenvalue weighted by Gasteiger charge is -2.56. The Morgan fingerprint density at radius 1 is 1.41 bits per heavy atom. The van der Waals surface area contributed by atoms with Gasteiger partial charge < -0.3 is 19.5 Å². The molecule has 5 nitrogen and oxygen atoms in total. The fourth-order valence-corrected chi connectivity index (χ4v) is 5.80. The SMILES string of the molecule is CCCCC(=O)Oc1ccc2c3c1O[C@H]1[C@@H](O)C=C[C@H]4[C@@H](C2)N(C)CC[C@@]341. The van der Waals surface area contributed by atoms with Gasteiger partial charge in [-0.1, -0.05) is 31.6 Å². The summed E-state index contributed by atoms with van der Waals surface area (Å²) in [4.78, 5) is 14.7. The van der Waals surface area contributed by atoms with Crippen molar-refractivity contribution in [2.45, 2.75) is 62.7 Å². The highest BCUT2D eigenvalue weighted by Crippen LogP contribution is 2.62. The van der Waals surface area contributed by atoms with E-state index in [1.807, 2.05) is 12.1 Å². The minimum absolute atomic E-state index is 0.208. The van der Waals surface area contributed by atoms with Gasteiger partial charge in [0, 0.05) is 29.4 Å². The fourth-order valence-electron chi connectivity index (χ4n) is 5.80. The molecule has 5 rings (SSSR count). The fraction of sp³-hybridized carbons (Fsp3) is 0.591. The number of carbonyl (C=O) groups excluding carboxylic acids is 1. The van der Waals surface area contributed by atoms with E-state index >= 15 is 0 Å². The van der Waals surface area contributed by atoms with Gasteiger partial charge in [0.2, 0.25) is 0 Å². The maximum Gasteiger partial charge on any atom is 0.311 e. The number of rotatable bonds is 4. The third-order valence-electron chi connectivity index (χ3n) is 7.09. The molecule has 2 heterocycles. The molecule has 144 valence electrons. The summed E-state index contributed by atoms with van der Waals surface area (Å²) < 4.78 is 12.1. The quantitative estimate of drug-likeness (QED) is 0.502. The van der Waals surface area contributed by atoms with Gasteiger partial charge in [0.15, 0.2) is 11.5 Å². The molecular weight excluding hydrogens is 342 g/mol. The van der Waals surface area contributed by atoms with Crippen molar-refractivity contribution in [2.24, 2.45) is 5.92 Å². The van der Waals surface area contributed by atoms with Gasteiger partial charge in [-0.05, 0) is 44.5 Å². The maximum atomic E-state index is 12.2. The highest BCUT2D eigenvalue weighted by molar-refractivity contribution is 5.74. The third kappa shape index (κ3) is 2.28. The number of benzene rings is 1. The molecule has 1 N–H and O–H groups in total. The van der Waals surface area contributed by atoms with Crippen LogP contribution in [0.25, 0.3) is 0 Å². The molecule has 1 fully saturated rings. The number of nitrogens with zero attached hydrogens (tertiary/aromatic N) is 1. The smallest absolute Gasteiger partial charge is 0.311 e. The molecule has 1 spiro atoms. The summed E-state index contributed by atoms with van der Waals surface area (Å²) in [5, 5.41) is 10.7. The van der Waals surface area contributed by atoms with Gasteiger partial charge >= 0.3 is 5.97 Å².